The molecule has 0 saturated heterocycles. The standard InChI is InChI=1S/C6H6O8S2.2K/c7-3-1-2-4(8)6(16(12,13)14)5(3)15(9,10)11;;/h1-2,7-8H,(H,9,10,11)(H,12,13,14);;/q;2*+1/p-2. The molecule has 0 aliphatic heterocycles. The first-order valence-corrected chi connectivity index (χ1v) is 6.33. The Kier molecular flexibility index (Phi) is 9.61. The van der Waals surface area contributed by atoms with E-state index in [2.05, 4.69) is 0 Å². The molecule has 0 atom stereocenters. The van der Waals surface area contributed by atoms with Crippen molar-refractivity contribution in [3.8, 4) is 11.5 Å². The Bertz CT molecular complexity index is 579. The van der Waals surface area contributed by atoms with Crippen LogP contribution < -0.4 is 103 Å². The van der Waals surface area contributed by atoms with Crippen LogP contribution in [0.15, 0.2) is 21.9 Å². The molecule has 0 aromatic heterocycles. The van der Waals surface area contributed by atoms with Gasteiger partial charge >= 0.3 is 103 Å². The van der Waals surface area contributed by atoms with Gasteiger partial charge in [-0.25, -0.2) is 16.8 Å². The van der Waals surface area contributed by atoms with E-state index < -0.39 is 41.5 Å². The van der Waals surface area contributed by atoms with Crippen molar-refractivity contribution >= 4 is 20.2 Å². The second-order valence-corrected chi connectivity index (χ2v) is 5.30. The third kappa shape index (κ3) is 5.36. The first kappa shape index (κ1) is 22.2. The summed E-state index contributed by atoms with van der Waals surface area (Å²) in [6, 6.07) is 1.16. The van der Waals surface area contributed by atoms with Crippen molar-refractivity contribution in [2.45, 2.75) is 9.79 Å². The normalized spacial score (nSPS) is 11.2. The van der Waals surface area contributed by atoms with E-state index in [1.807, 2.05) is 0 Å². The molecule has 1 aromatic carbocycles. The molecule has 0 bridgehead atoms. The minimum absolute atomic E-state index is 0. The van der Waals surface area contributed by atoms with E-state index in [0.717, 1.165) is 0 Å². The van der Waals surface area contributed by atoms with E-state index in [0.29, 0.717) is 12.1 Å². The van der Waals surface area contributed by atoms with Gasteiger partial charge in [0.1, 0.15) is 41.5 Å². The van der Waals surface area contributed by atoms with Crippen molar-refractivity contribution < 1.29 is 139 Å². The molecule has 12 heteroatoms. The Morgan fingerprint density at radius 1 is 0.778 bits per heavy atom. The first-order valence-electron chi connectivity index (χ1n) is 3.52. The summed E-state index contributed by atoms with van der Waals surface area (Å²) in [6.45, 7) is 0. The van der Waals surface area contributed by atoms with Gasteiger partial charge in [0.05, 0.1) is 0 Å². The van der Waals surface area contributed by atoms with Crippen LogP contribution in [0.5, 0.6) is 11.5 Å². The first-order chi connectivity index (χ1) is 7.05. The number of benzene rings is 1. The summed E-state index contributed by atoms with van der Waals surface area (Å²) in [5, 5.41) is 18.0. The van der Waals surface area contributed by atoms with Gasteiger partial charge in [0, 0.05) is 0 Å². The second kappa shape index (κ2) is 7.79. The van der Waals surface area contributed by atoms with Crippen molar-refractivity contribution in [1.82, 2.24) is 0 Å². The fraction of sp³-hybridized carbons (Fsp3) is 0. The van der Waals surface area contributed by atoms with Gasteiger partial charge in [-0.2, -0.15) is 0 Å². The molecule has 8 nitrogen and oxygen atoms in total. The molecule has 0 unspecified atom stereocenters. The summed E-state index contributed by atoms with van der Waals surface area (Å²) < 4.78 is 63.9. The Labute approximate surface area is 188 Å². The maximum atomic E-state index is 10.6. The van der Waals surface area contributed by atoms with E-state index in [1.165, 1.54) is 0 Å². The molecule has 0 saturated carbocycles. The van der Waals surface area contributed by atoms with Gasteiger partial charge < -0.3 is 19.3 Å². The summed E-state index contributed by atoms with van der Waals surface area (Å²) in [5.41, 5.74) is 0. The largest absolute Gasteiger partial charge is 1.00 e. The zero-order valence-corrected chi connectivity index (χ0v) is 17.2. The van der Waals surface area contributed by atoms with Crippen molar-refractivity contribution in [3.05, 3.63) is 12.1 Å². The molecule has 0 fully saturated rings. The average molecular weight is 346 g/mol. The molecule has 0 heterocycles. The van der Waals surface area contributed by atoms with E-state index >= 15 is 0 Å². The minimum Gasteiger partial charge on any atom is -0.744 e. The summed E-state index contributed by atoms with van der Waals surface area (Å²) in [4.78, 5) is -3.30. The van der Waals surface area contributed by atoms with Crippen LogP contribution in [0.25, 0.3) is 0 Å². The molecular formula is C6H4K2O8S2. The minimum atomic E-state index is -5.41. The number of phenolic OH excluding ortho intramolecular Hbond substituents is 2. The zero-order chi connectivity index (χ0) is 12.7. The SMILES string of the molecule is O=S(=O)([O-])c1c(O)ccc(O)c1S(=O)(=O)[O-].[K+].[K+]. The molecule has 0 aliphatic carbocycles. The number of rotatable bonds is 2. The van der Waals surface area contributed by atoms with Crippen LogP contribution in [-0.4, -0.2) is 36.2 Å². The maximum Gasteiger partial charge on any atom is 1.00 e. The molecule has 0 amide bonds. The van der Waals surface area contributed by atoms with Crippen LogP contribution in [0.3, 0.4) is 0 Å². The Balaban J connectivity index is 0. The topological polar surface area (TPSA) is 155 Å². The van der Waals surface area contributed by atoms with Gasteiger partial charge in [-0.05, 0) is 12.1 Å². The molecular weight excluding hydrogens is 342 g/mol. The molecule has 18 heavy (non-hydrogen) atoms. The zero-order valence-electron chi connectivity index (χ0n) is 9.32. The number of aromatic hydroxyl groups is 2. The summed E-state index contributed by atoms with van der Waals surface area (Å²) in [6.07, 6.45) is 0. The molecule has 90 valence electrons. The van der Waals surface area contributed by atoms with Gasteiger partial charge in [0.25, 0.3) is 0 Å². The Morgan fingerprint density at radius 2 is 1.00 bits per heavy atom. The van der Waals surface area contributed by atoms with Crippen LogP contribution in [0.4, 0.5) is 0 Å². The molecule has 1 aromatic rings. The molecule has 2 N–H and O–H groups in total. The van der Waals surface area contributed by atoms with Crippen LogP contribution >= 0.6 is 0 Å². The van der Waals surface area contributed by atoms with E-state index in [4.69, 9.17) is 10.2 Å². The maximum absolute atomic E-state index is 10.6. The fourth-order valence-corrected chi connectivity index (χ4v) is 2.95. The van der Waals surface area contributed by atoms with Crippen molar-refractivity contribution in [2.24, 2.45) is 0 Å². The Morgan fingerprint density at radius 3 is 1.17 bits per heavy atom. The van der Waals surface area contributed by atoms with Crippen LogP contribution in [0.1, 0.15) is 0 Å². The smallest absolute Gasteiger partial charge is 0.744 e. The number of hydrogen-bond donors (Lipinski definition) is 2. The van der Waals surface area contributed by atoms with Gasteiger partial charge in [0.15, 0.2) is 0 Å². The van der Waals surface area contributed by atoms with Gasteiger partial charge in [-0.1, -0.05) is 0 Å². The quantitative estimate of drug-likeness (QED) is 0.304. The van der Waals surface area contributed by atoms with E-state index in [9.17, 15) is 25.9 Å². The Hall–Kier alpha value is 1.91. The third-order valence-corrected chi connectivity index (χ3v) is 3.53. The van der Waals surface area contributed by atoms with Crippen LogP contribution in [0, 0.1) is 0 Å². The van der Waals surface area contributed by atoms with Crippen molar-refractivity contribution in [1.29, 1.82) is 0 Å². The van der Waals surface area contributed by atoms with Crippen molar-refractivity contribution in [2.75, 3.05) is 0 Å². The predicted molar refractivity (Wildman–Crippen MR) is 45.7 cm³/mol. The molecule has 0 spiro atoms. The number of hydrogen-bond acceptors (Lipinski definition) is 8. The van der Waals surface area contributed by atoms with Gasteiger partial charge in [-0.3, -0.25) is 0 Å². The summed E-state index contributed by atoms with van der Waals surface area (Å²) >= 11 is 0. The number of phenols is 2. The third-order valence-electron chi connectivity index (χ3n) is 1.57. The van der Waals surface area contributed by atoms with Crippen molar-refractivity contribution in [3.63, 3.8) is 0 Å². The monoisotopic (exact) mass is 346 g/mol. The molecule has 0 radical (unpaired) electrons. The van der Waals surface area contributed by atoms with Crippen LogP contribution in [-0.2, 0) is 20.2 Å². The second-order valence-electron chi connectivity index (χ2n) is 2.67. The molecule has 0 aliphatic rings. The predicted octanol–water partition coefficient (Wildman–Crippen LogP) is -7.09. The fourth-order valence-electron chi connectivity index (χ4n) is 1.03. The van der Waals surface area contributed by atoms with Gasteiger partial charge in [-0.15, -0.1) is 0 Å². The average Bonchev–Trinajstić information content (AvgIpc) is 2.04. The van der Waals surface area contributed by atoms with E-state index in [-0.39, 0.29) is 103 Å². The summed E-state index contributed by atoms with van der Waals surface area (Å²) in [5.74, 6) is -2.44. The van der Waals surface area contributed by atoms with Crippen LogP contribution in [0.2, 0.25) is 0 Å². The van der Waals surface area contributed by atoms with E-state index in [1.54, 1.807) is 0 Å². The van der Waals surface area contributed by atoms with Gasteiger partial charge in [0.2, 0.25) is 0 Å². The summed E-state index contributed by atoms with van der Waals surface area (Å²) in [7, 11) is -10.8. The molecule has 1 rings (SSSR count).